The Balaban J connectivity index is 1.89. The first-order chi connectivity index (χ1) is 9.80. The van der Waals surface area contributed by atoms with E-state index in [1.54, 1.807) is 6.07 Å². The number of benzene rings is 1. The van der Waals surface area contributed by atoms with Crippen molar-refractivity contribution in [1.82, 2.24) is 20.2 Å². The number of fused-ring (bicyclic) bond motifs is 1. The number of rotatable bonds is 4. The number of nitriles is 1. The Kier molecular flexibility index (Phi) is 3.09. The van der Waals surface area contributed by atoms with Gasteiger partial charge in [0.2, 0.25) is 5.95 Å². The lowest BCUT2D eigenvalue weighted by molar-refractivity contribution is 0.867. The van der Waals surface area contributed by atoms with Crippen molar-refractivity contribution in [3.8, 4) is 6.07 Å². The predicted molar refractivity (Wildman–Crippen MR) is 76.7 cm³/mol. The van der Waals surface area contributed by atoms with Crippen molar-refractivity contribution in [2.75, 3.05) is 5.32 Å². The maximum absolute atomic E-state index is 9.06. The zero-order chi connectivity index (χ0) is 13.9. The Bertz CT molecular complexity index is 776. The Morgan fingerprint density at radius 2 is 2.30 bits per heavy atom. The molecule has 0 unspecified atom stereocenters. The SMILES string of the molecule is CCCc1cc(Nc2nc3c(C#N)cccc3[nH]2)n[nH]1. The van der Waals surface area contributed by atoms with Gasteiger partial charge in [-0.25, -0.2) is 4.98 Å². The summed E-state index contributed by atoms with van der Waals surface area (Å²) in [5.41, 5.74) is 3.14. The van der Waals surface area contributed by atoms with Crippen molar-refractivity contribution < 1.29 is 0 Å². The van der Waals surface area contributed by atoms with Gasteiger partial charge in [-0.3, -0.25) is 5.10 Å². The molecule has 100 valence electrons. The summed E-state index contributed by atoms with van der Waals surface area (Å²) in [6.07, 6.45) is 2.03. The van der Waals surface area contributed by atoms with Gasteiger partial charge in [0.05, 0.1) is 11.1 Å². The highest BCUT2D eigenvalue weighted by molar-refractivity contribution is 5.83. The zero-order valence-corrected chi connectivity index (χ0v) is 11.1. The summed E-state index contributed by atoms with van der Waals surface area (Å²) in [5, 5.41) is 19.3. The fourth-order valence-electron chi connectivity index (χ4n) is 2.13. The molecule has 1 aromatic carbocycles. The van der Waals surface area contributed by atoms with Crippen molar-refractivity contribution in [3.05, 3.63) is 35.5 Å². The number of imidazole rings is 1. The molecule has 3 aromatic rings. The number of para-hydroxylation sites is 1. The van der Waals surface area contributed by atoms with E-state index in [1.807, 2.05) is 18.2 Å². The topological polar surface area (TPSA) is 93.2 Å². The molecule has 3 N–H and O–H groups in total. The van der Waals surface area contributed by atoms with Crippen LogP contribution in [0.4, 0.5) is 11.8 Å². The molecule has 0 bridgehead atoms. The second kappa shape index (κ2) is 5.05. The number of nitrogens with zero attached hydrogens (tertiary/aromatic N) is 3. The summed E-state index contributed by atoms with van der Waals surface area (Å²) < 4.78 is 0. The van der Waals surface area contributed by atoms with Gasteiger partial charge in [-0.2, -0.15) is 10.4 Å². The molecule has 2 aromatic heterocycles. The van der Waals surface area contributed by atoms with Gasteiger partial charge in [-0.15, -0.1) is 0 Å². The molecule has 0 radical (unpaired) electrons. The van der Waals surface area contributed by atoms with E-state index < -0.39 is 0 Å². The summed E-state index contributed by atoms with van der Waals surface area (Å²) in [6, 6.07) is 9.57. The number of hydrogen-bond donors (Lipinski definition) is 3. The van der Waals surface area contributed by atoms with Crippen molar-refractivity contribution >= 4 is 22.8 Å². The first-order valence-corrected chi connectivity index (χ1v) is 6.50. The van der Waals surface area contributed by atoms with Crippen molar-refractivity contribution in [3.63, 3.8) is 0 Å². The quantitative estimate of drug-likeness (QED) is 0.677. The Morgan fingerprint density at radius 3 is 3.10 bits per heavy atom. The summed E-state index contributed by atoms with van der Waals surface area (Å²) in [6.45, 7) is 2.12. The number of H-pyrrole nitrogens is 2. The third-order valence-corrected chi connectivity index (χ3v) is 3.03. The van der Waals surface area contributed by atoms with Crippen LogP contribution in [0.2, 0.25) is 0 Å². The van der Waals surface area contributed by atoms with Gasteiger partial charge in [-0.1, -0.05) is 19.4 Å². The Morgan fingerprint density at radius 1 is 1.40 bits per heavy atom. The maximum Gasteiger partial charge on any atom is 0.206 e. The highest BCUT2D eigenvalue weighted by Crippen LogP contribution is 2.20. The second-order valence-corrected chi connectivity index (χ2v) is 4.55. The van der Waals surface area contributed by atoms with Crippen molar-refractivity contribution in [1.29, 1.82) is 5.26 Å². The van der Waals surface area contributed by atoms with Gasteiger partial charge in [0.15, 0.2) is 5.82 Å². The molecule has 0 saturated carbocycles. The second-order valence-electron chi connectivity index (χ2n) is 4.55. The van der Waals surface area contributed by atoms with E-state index in [4.69, 9.17) is 5.26 Å². The molecule has 0 aliphatic carbocycles. The van der Waals surface area contributed by atoms with E-state index in [1.165, 1.54) is 0 Å². The van der Waals surface area contributed by atoms with Crippen LogP contribution in [0, 0.1) is 11.3 Å². The lowest BCUT2D eigenvalue weighted by Gasteiger charge is -1.95. The average Bonchev–Trinajstić information content (AvgIpc) is 3.05. The van der Waals surface area contributed by atoms with Crippen LogP contribution in [-0.2, 0) is 6.42 Å². The molecule has 2 heterocycles. The highest BCUT2D eigenvalue weighted by atomic mass is 15.2. The largest absolute Gasteiger partial charge is 0.324 e. The molecule has 0 fully saturated rings. The van der Waals surface area contributed by atoms with E-state index in [-0.39, 0.29) is 0 Å². The number of aryl methyl sites for hydroxylation is 1. The van der Waals surface area contributed by atoms with Gasteiger partial charge in [0.1, 0.15) is 11.6 Å². The van der Waals surface area contributed by atoms with E-state index >= 15 is 0 Å². The molecule has 0 aliphatic rings. The first-order valence-electron chi connectivity index (χ1n) is 6.50. The molecule has 20 heavy (non-hydrogen) atoms. The molecular weight excluding hydrogens is 252 g/mol. The Hall–Kier alpha value is -2.81. The molecule has 0 amide bonds. The summed E-state index contributed by atoms with van der Waals surface area (Å²) in [4.78, 5) is 7.52. The van der Waals surface area contributed by atoms with Gasteiger partial charge < -0.3 is 10.3 Å². The minimum absolute atomic E-state index is 0.556. The van der Waals surface area contributed by atoms with E-state index in [2.05, 4.69) is 38.5 Å². The predicted octanol–water partition coefficient (Wildman–Crippen LogP) is 2.85. The summed E-state index contributed by atoms with van der Waals surface area (Å²) >= 11 is 0. The minimum atomic E-state index is 0.556. The fourth-order valence-corrected chi connectivity index (χ4v) is 2.13. The Labute approximate surface area is 115 Å². The number of hydrogen-bond acceptors (Lipinski definition) is 4. The van der Waals surface area contributed by atoms with Crippen LogP contribution in [-0.4, -0.2) is 20.2 Å². The van der Waals surface area contributed by atoms with Crippen LogP contribution in [0.15, 0.2) is 24.3 Å². The smallest absolute Gasteiger partial charge is 0.206 e. The minimum Gasteiger partial charge on any atom is -0.324 e. The molecule has 0 saturated heterocycles. The molecule has 0 aliphatic heterocycles. The van der Waals surface area contributed by atoms with Crippen molar-refractivity contribution in [2.24, 2.45) is 0 Å². The molecular formula is C14H14N6. The van der Waals surface area contributed by atoms with Gasteiger partial charge in [-0.05, 0) is 18.6 Å². The lowest BCUT2D eigenvalue weighted by Crippen LogP contribution is -1.92. The molecule has 3 rings (SSSR count). The van der Waals surface area contributed by atoms with Crippen LogP contribution in [0.5, 0.6) is 0 Å². The lowest BCUT2D eigenvalue weighted by atomic mass is 10.2. The van der Waals surface area contributed by atoms with Crippen LogP contribution >= 0.6 is 0 Å². The fraction of sp³-hybridized carbons (Fsp3) is 0.214. The molecule has 0 atom stereocenters. The van der Waals surface area contributed by atoms with E-state index in [0.717, 1.165) is 24.1 Å². The average molecular weight is 266 g/mol. The number of aromatic amines is 2. The summed E-state index contributed by atoms with van der Waals surface area (Å²) in [5.74, 6) is 1.29. The van der Waals surface area contributed by atoms with Gasteiger partial charge >= 0.3 is 0 Å². The van der Waals surface area contributed by atoms with Crippen LogP contribution < -0.4 is 5.32 Å². The number of nitrogens with one attached hydrogen (secondary N) is 3. The third-order valence-electron chi connectivity index (χ3n) is 3.03. The van der Waals surface area contributed by atoms with Crippen LogP contribution in [0.3, 0.4) is 0 Å². The van der Waals surface area contributed by atoms with E-state index in [0.29, 0.717) is 22.8 Å². The monoisotopic (exact) mass is 266 g/mol. The van der Waals surface area contributed by atoms with Crippen LogP contribution in [0.1, 0.15) is 24.6 Å². The number of aromatic nitrogens is 4. The third kappa shape index (κ3) is 2.21. The zero-order valence-electron chi connectivity index (χ0n) is 11.1. The molecule has 6 nitrogen and oxygen atoms in total. The van der Waals surface area contributed by atoms with E-state index in [9.17, 15) is 0 Å². The normalized spacial score (nSPS) is 10.6. The highest BCUT2D eigenvalue weighted by Gasteiger charge is 2.08. The van der Waals surface area contributed by atoms with Gasteiger partial charge in [0, 0.05) is 11.8 Å². The van der Waals surface area contributed by atoms with Crippen molar-refractivity contribution in [2.45, 2.75) is 19.8 Å². The van der Waals surface area contributed by atoms with Crippen LogP contribution in [0.25, 0.3) is 11.0 Å². The number of anilines is 2. The van der Waals surface area contributed by atoms with Gasteiger partial charge in [0.25, 0.3) is 0 Å². The molecule has 0 spiro atoms. The summed E-state index contributed by atoms with van der Waals surface area (Å²) in [7, 11) is 0. The maximum atomic E-state index is 9.06. The standard InChI is InChI=1S/C14H14N6/c1-2-4-10-7-12(20-19-10)17-14-16-11-6-3-5-9(8-15)13(11)18-14/h3,5-7H,2,4H2,1H3,(H3,16,17,18,19,20). The molecule has 6 heteroatoms. The first kappa shape index (κ1) is 12.2.